The Kier molecular flexibility index (Phi) is 7.58. The maximum Gasteiger partial charge on any atom is 0.294 e. The Morgan fingerprint density at radius 1 is 1.18 bits per heavy atom. The first-order valence-electron chi connectivity index (χ1n) is 9.34. The van der Waals surface area contributed by atoms with E-state index in [1.165, 1.54) is 24.1 Å². The summed E-state index contributed by atoms with van der Waals surface area (Å²) < 4.78 is 5.72. The number of allylic oxidation sites excluding steroid dienone is 3. The normalized spacial score (nSPS) is 18.9. The number of carbonyl (C=O) groups excluding carboxylic acids is 2. The predicted octanol–water partition coefficient (Wildman–Crippen LogP) is 3.84. The summed E-state index contributed by atoms with van der Waals surface area (Å²) in [7, 11) is 0. The molecule has 1 aromatic rings. The lowest BCUT2D eigenvalue weighted by atomic mass is 10.1. The van der Waals surface area contributed by atoms with E-state index in [1.807, 2.05) is 0 Å². The van der Waals surface area contributed by atoms with Crippen LogP contribution in [-0.4, -0.2) is 34.7 Å². The van der Waals surface area contributed by atoms with E-state index in [9.17, 15) is 14.8 Å². The van der Waals surface area contributed by atoms with Gasteiger partial charge in [0.05, 0.1) is 0 Å². The van der Waals surface area contributed by atoms with Crippen molar-refractivity contribution in [2.45, 2.75) is 46.6 Å². The van der Waals surface area contributed by atoms with Crippen LogP contribution < -0.4 is 10.1 Å². The zero-order valence-electron chi connectivity index (χ0n) is 16.9. The lowest BCUT2D eigenvalue weighted by Crippen LogP contribution is -2.54. The molecule has 2 N–H and O–H groups in total. The molecule has 0 saturated carbocycles. The van der Waals surface area contributed by atoms with Crippen molar-refractivity contribution in [3.8, 4) is 5.75 Å². The Morgan fingerprint density at radius 3 is 2.50 bits per heavy atom. The SMILES string of the molecule is CC(C)=CCC/C(C)=C/COc1ccc(/C=C2/NC(=O)[C@H](C)N(O)C2=O)cc1. The summed E-state index contributed by atoms with van der Waals surface area (Å²) in [5, 5.41) is 12.6. The average Bonchev–Trinajstić information content (AvgIpc) is 2.65. The van der Waals surface area contributed by atoms with Gasteiger partial charge in [-0.15, -0.1) is 0 Å². The fourth-order valence-corrected chi connectivity index (χ4v) is 2.60. The highest BCUT2D eigenvalue weighted by atomic mass is 16.5. The Morgan fingerprint density at radius 2 is 1.86 bits per heavy atom. The van der Waals surface area contributed by atoms with Gasteiger partial charge in [0.2, 0.25) is 5.91 Å². The summed E-state index contributed by atoms with van der Waals surface area (Å²) in [4.78, 5) is 23.8. The molecule has 2 amide bonds. The minimum Gasteiger partial charge on any atom is -0.490 e. The third-order valence-electron chi connectivity index (χ3n) is 4.41. The standard InChI is InChI=1S/C22H28N2O4/c1-15(2)6-5-7-16(3)12-13-28-19-10-8-18(9-11-19)14-20-22(26)24(27)17(4)21(25)23-20/h6,8-12,14,17,27H,5,7,13H2,1-4H3,(H,23,25)/b16-12+,20-14+/t17-/m0/s1. The molecular weight excluding hydrogens is 356 g/mol. The topological polar surface area (TPSA) is 78.9 Å². The molecular formula is C22H28N2O4. The lowest BCUT2D eigenvalue weighted by Gasteiger charge is -2.28. The number of hydrogen-bond donors (Lipinski definition) is 2. The fourth-order valence-electron chi connectivity index (χ4n) is 2.60. The molecule has 150 valence electrons. The summed E-state index contributed by atoms with van der Waals surface area (Å²) in [6, 6.07) is 6.26. The molecule has 0 radical (unpaired) electrons. The van der Waals surface area contributed by atoms with Gasteiger partial charge in [-0.1, -0.05) is 29.4 Å². The van der Waals surface area contributed by atoms with Gasteiger partial charge in [0, 0.05) is 0 Å². The molecule has 1 aliphatic rings. The van der Waals surface area contributed by atoms with Crippen molar-refractivity contribution >= 4 is 17.9 Å². The first kappa shape index (κ1) is 21.4. The van der Waals surface area contributed by atoms with Crippen LogP contribution in [0.15, 0.2) is 53.3 Å². The molecule has 28 heavy (non-hydrogen) atoms. The van der Waals surface area contributed by atoms with Crippen molar-refractivity contribution in [3.05, 3.63) is 58.8 Å². The number of ether oxygens (including phenoxy) is 1. The number of benzene rings is 1. The van der Waals surface area contributed by atoms with E-state index in [4.69, 9.17) is 4.74 Å². The molecule has 1 heterocycles. The lowest BCUT2D eigenvalue weighted by molar-refractivity contribution is -0.178. The molecule has 6 heteroatoms. The molecule has 0 aliphatic carbocycles. The number of amides is 2. The summed E-state index contributed by atoms with van der Waals surface area (Å²) >= 11 is 0. The Labute approximate surface area is 166 Å². The first-order chi connectivity index (χ1) is 13.3. The van der Waals surface area contributed by atoms with Gasteiger partial charge in [0.1, 0.15) is 24.1 Å². The second kappa shape index (κ2) is 9.90. The molecule has 0 unspecified atom stereocenters. The number of hydroxylamine groups is 2. The van der Waals surface area contributed by atoms with Crippen LogP contribution >= 0.6 is 0 Å². The molecule has 1 aliphatic heterocycles. The van der Waals surface area contributed by atoms with Gasteiger partial charge in [-0.2, -0.15) is 0 Å². The van der Waals surface area contributed by atoms with Gasteiger partial charge in [0.25, 0.3) is 5.91 Å². The molecule has 1 atom stereocenters. The van der Waals surface area contributed by atoms with Gasteiger partial charge in [0.15, 0.2) is 0 Å². The van der Waals surface area contributed by atoms with E-state index in [2.05, 4.69) is 38.2 Å². The first-order valence-corrected chi connectivity index (χ1v) is 9.34. The van der Waals surface area contributed by atoms with E-state index in [0.29, 0.717) is 23.0 Å². The summed E-state index contributed by atoms with van der Waals surface area (Å²) in [6.07, 6.45) is 7.87. The maximum absolute atomic E-state index is 12.0. The number of rotatable bonds is 7. The predicted molar refractivity (Wildman–Crippen MR) is 109 cm³/mol. The smallest absolute Gasteiger partial charge is 0.294 e. The largest absolute Gasteiger partial charge is 0.490 e. The van der Waals surface area contributed by atoms with Crippen molar-refractivity contribution in [2.75, 3.05) is 6.61 Å². The van der Waals surface area contributed by atoms with Gasteiger partial charge in [-0.25, -0.2) is 5.06 Å². The minimum absolute atomic E-state index is 0.0363. The molecule has 2 rings (SSSR count). The van der Waals surface area contributed by atoms with E-state index in [-0.39, 0.29) is 5.70 Å². The number of hydrogen-bond acceptors (Lipinski definition) is 4. The summed E-state index contributed by atoms with van der Waals surface area (Å²) in [5.74, 6) is -0.354. The minimum atomic E-state index is -0.904. The van der Waals surface area contributed by atoms with E-state index < -0.39 is 17.9 Å². The van der Waals surface area contributed by atoms with E-state index in [0.717, 1.165) is 12.8 Å². The highest BCUT2D eigenvalue weighted by Crippen LogP contribution is 2.17. The monoisotopic (exact) mass is 384 g/mol. The zero-order chi connectivity index (χ0) is 20.7. The molecule has 0 aromatic heterocycles. The van der Waals surface area contributed by atoms with Gasteiger partial charge < -0.3 is 10.1 Å². The van der Waals surface area contributed by atoms with Crippen molar-refractivity contribution in [1.82, 2.24) is 10.4 Å². The van der Waals surface area contributed by atoms with Crippen LogP contribution in [0.2, 0.25) is 0 Å². The molecule has 0 spiro atoms. The number of nitrogens with zero attached hydrogens (tertiary/aromatic N) is 1. The van der Waals surface area contributed by atoms with Gasteiger partial charge >= 0.3 is 0 Å². The molecule has 1 saturated heterocycles. The third kappa shape index (κ3) is 6.09. The van der Waals surface area contributed by atoms with E-state index in [1.54, 1.807) is 24.3 Å². The van der Waals surface area contributed by atoms with Crippen LogP contribution in [0.4, 0.5) is 0 Å². The number of nitrogens with one attached hydrogen (secondary N) is 1. The number of piperazine rings is 1. The van der Waals surface area contributed by atoms with Crippen molar-refractivity contribution in [2.24, 2.45) is 0 Å². The van der Waals surface area contributed by atoms with Crippen LogP contribution in [0, 0.1) is 0 Å². The summed E-state index contributed by atoms with van der Waals surface area (Å²) in [6.45, 7) is 8.24. The van der Waals surface area contributed by atoms with E-state index >= 15 is 0 Å². The Hall–Kier alpha value is -2.86. The second-order valence-corrected chi connectivity index (χ2v) is 7.12. The maximum atomic E-state index is 12.0. The van der Waals surface area contributed by atoms with Gasteiger partial charge in [-0.3, -0.25) is 14.8 Å². The van der Waals surface area contributed by atoms with Crippen LogP contribution in [0.5, 0.6) is 5.75 Å². The fraction of sp³-hybridized carbons (Fsp3) is 0.364. The Balaban J connectivity index is 1.92. The Bertz CT molecular complexity index is 802. The van der Waals surface area contributed by atoms with Crippen molar-refractivity contribution < 1.29 is 19.5 Å². The third-order valence-corrected chi connectivity index (χ3v) is 4.41. The quantitative estimate of drug-likeness (QED) is 0.425. The molecule has 6 nitrogen and oxygen atoms in total. The second-order valence-electron chi connectivity index (χ2n) is 7.12. The van der Waals surface area contributed by atoms with Crippen molar-refractivity contribution in [1.29, 1.82) is 0 Å². The zero-order valence-corrected chi connectivity index (χ0v) is 16.9. The van der Waals surface area contributed by atoms with Crippen LogP contribution in [0.1, 0.15) is 46.1 Å². The van der Waals surface area contributed by atoms with Crippen LogP contribution in [0.3, 0.4) is 0 Å². The highest BCUT2D eigenvalue weighted by Gasteiger charge is 2.33. The number of carbonyl (C=O) groups is 2. The van der Waals surface area contributed by atoms with Crippen LogP contribution in [-0.2, 0) is 9.59 Å². The van der Waals surface area contributed by atoms with Crippen LogP contribution in [0.25, 0.3) is 6.08 Å². The molecule has 1 aromatic carbocycles. The van der Waals surface area contributed by atoms with Gasteiger partial charge in [-0.05, 0) is 70.4 Å². The van der Waals surface area contributed by atoms with Crippen molar-refractivity contribution in [3.63, 3.8) is 0 Å². The molecule has 1 fully saturated rings. The highest BCUT2D eigenvalue weighted by molar-refractivity contribution is 6.06. The average molecular weight is 384 g/mol. The molecule has 0 bridgehead atoms. The summed E-state index contributed by atoms with van der Waals surface area (Å²) in [5.41, 5.74) is 3.37.